The predicted octanol–water partition coefficient (Wildman–Crippen LogP) is 2.65. The van der Waals surface area contributed by atoms with E-state index in [4.69, 9.17) is 4.74 Å². The molecule has 5 rings (SSSR count). The second-order valence-electron chi connectivity index (χ2n) is 8.46. The molecule has 0 aromatic heterocycles. The normalized spacial score (nSPS) is 17.1. The highest BCUT2D eigenvalue weighted by Gasteiger charge is 2.29. The molecule has 1 fully saturated rings. The molecular weight excluding hydrogens is 418 g/mol. The molecule has 2 amide bonds. The summed E-state index contributed by atoms with van der Waals surface area (Å²) in [6.07, 6.45) is 5.29. The summed E-state index contributed by atoms with van der Waals surface area (Å²) in [6.45, 7) is 5.65. The van der Waals surface area contributed by atoms with E-state index < -0.39 is 0 Å². The van der Waals surface area contributed by atoms with E-state index in [0.29, 0.717) is 31.9 Å². The van der Waals surface area contributed by atoms with E-state index in [1.807, 2.05) is 42.5 Å². The Morgan fingerprint density at radius 1 is 1.21 bits per heavy atom. The fourth-order valence-corrected chi connectivity index (χ4v) is 4.56. The molecule has 4 aliphatic rings. The summed E-state index contributed by atoms with van der Waals surface area (Å²) in [5.74, 6) is -0.234. The fourth-order valence-electron chi connectivity index (χ4n) is 4.56. The monoisotopic (exact) mass is 445 g/mol. The van der Waals surface area contributed by atoms with Gasteiger partial charge in [-0.1, -0.05) is 30.3 Å². The van der Waals surface area contributed by atoms with Gasteiger partial charge in [0.05, 0.1) is 37.7 Å². The lowest BCUT2D eigenvalue weighted by Gasteiger charge is -2.31. The van der Waals surface area contributed by atoms with Crippen molar-refractivity contribution in [1.82, 2.24) is 25.3 Å². The largest absolute Gasteiger partial charge is 0.379 e. The molecule has 2 N–H and O–H groups in total. The molecule has 33 heavy (non-hydrogen) atoms. The second-order valence-corrected chi connectivity index (χ2v) is 8.46. The molecule has 1 atom stereocenters. The van der Waals surface area contributed by atoms with Gasteiger partial charge in [-0.2, -0.15) is 5.10 Å². The topological polar surface area (TPSA) is 90.6 Å². The van der Waals surface area contributed by atoms with E-state index in [1.165, 1.54) is 6.92 Å². The molecule has 1 saturated heterocycles. The summed E-state index contributed by atoms with van der Waals surface area (Å²) in [4.78, 5) is 29.7. The standard InChI is InChI=1S/C25H27N5O3/c1-17(31)30-8-7-22-24-19(14-26-28-22)13-20(21(24)15-30)25(32)27-23(18-5-3-2-4-6-18)16-29-9-11-33-12-10-29/h2-8,13-14,23,28H,9-12,15-16H2,1H3,(H,27,32)/t23-/m1/s1. The van der Waals surface area contributed by atoms with Crippen LogP contribution in [-0.4, -0.2) is 64.7 Å². The zero-order valence-corrected chi connectivity index (χ0v) is 18.6. The van der Waals surface area contributed by atoms with E-state index in [1.54, 1.807) is 17.3 Å². The van der Waals surface area contributed by atoms with Crippen LogP contribution in [0.5, 0.6) is 0 Å². The molecule has 0 spiro atoms. The van der Waals surface area contributed by atoms with Crippen molar-refractivity contribution in [3.63, 3.8) is 0 Å². The first-order chi connectivity index (χ1) is 16.1. The highest BCUT2D eigenvalue weighted by atomic mass is 16.5. The number of amides is 2. The third-order valence-corrected chi connectivity index (χ3v) is 6.32. The molecule has 3 heterocycles. The molecule has 0 radical (unpaired) electrons. The molecule has 8 nitrogen and oxygen atoms in total. The van der Waals surface area contributed by atoms with Gasteiger partial charge < -0.3 is 15.0 Å². The molecule has 1 aliphatic carbocycles. The Labute approximate surface area is 192 Å². The van der Waals surface area contributed by atoms with Gasteiger partial charge in [0.15, 0.2) is 0 Å². The zero-order valence-electron chi connectivity index (χ0n) is 18.6. The Kier molecular flexibility index (Phi) is 5.93. The Bertz CT molecular complexity index is 1150. The third kappa shape index (κ3) is 4.40. The number of rotatable bonds is 5. The summed E-state index contributed by atoms with van der Waals surface area (Å²) < 4.78 is 5.48. The summed E-state index contributed by atoms with van der Waals surface area (Å²) >= 11 is 0. The molecule has 8 heteroatoms. The molecule has 1 aromatic carbocycles. The maximum atomic E-state index is 13.6. The van der Waals surface area contributed by atoms with Gasteiger partial charge in [-0.05, 0) is 23.3 Å². The molecule has 170 valence electrons. The molecule has 0 bridgehead atoms. The highest BCUT2D eigenvalue weighted by molar-refractivity contribution is 6.02. The lowest BCUT2D eigenvalue weighted by atomic mass is 10.0. The Hall–Kier alpha value is -3.49. The van der Waals surface area contributed by atoms with E-state index in [-0.39, 0.29) is 17.9 Å². The van der Waals surface area contributed by atoms with Crippen LogP contribution in [0.4, 0.5) is 0 Å². The number of morpholine rings is 1. The van der Waals surface area contributed by atoms with Crippen LogP contribution in [0.3, 0.4) is 0 Å². The van der Waals surface area contributed by atoms with E-state index in [2.05, 4.69) is 20.4 Å². The first-order valence-electron chi connectivity index (χ1n) is 11.2. The Balaban J connectivity index is 1.47. The van der Waals surface area contributed by atoms with Crippen molar-refractivity contribution in [2.24, 2.45) is 0 Å². The van der Waals surface area contributed by atoms with Crippen molar-refractivity contribution in [2.75, 3.05) is 32.8 Å². The van der Waals surface area contributed by atoms with Crippen molar-refractivity contribution >= 4 is 17.9 Å². The lowest BCUT2D eigenvalue weighted by molar-refractivity contribution is -0.126. The van der Waals surface area contributed by atoms with Crippen LogP contribution in [0, 0.1) is 0 Å². The number of nitrogens with zero attached hydrogens (tertiary/aromatic N) is 3. The van der Waals surface area contributed by atoms with Crippen LogP contribution >= 0.6 is 0 Å². The Morgan fingerprint density at radius 2 is 2.00 bits per heavy atom. The minimum atomic E-state index is -0.168. The first-order valence-corrected chi connectivity index (χ1v) is 11.2. The average Bonchev–Trinajstić information content (AvgIpc) is 3.09. The fraction of sp³-hybridized carbons (Fsp3) is 0.320. The predicted molar refractivity (Wildman–Crippen MR) is 124 cm³/mol. The molecule has 3 aliphatic heterocycles. The molecular formula is C25H27N5O3. The number of H-pyrrole nitrogens is 1. The van der Waals surface area contributed by atoms with Crippen molar-refractivity contribution in [3.05, 3.63) is 71.2 Å². The van der Waals surface area contributed by atoms with E-state index in [9.17, 15) is 9.59 Å². The van der Waals surface area contributed by atoms with E-state index >= 15 is 0 Å². The van der Waals surface area contributed by atoms with Gasteiger partial charge in [-0.15, -0.1) is 0 Å². The van der Waals surface area contributed by atoms with Crippen molar-refractivity contribution in [2.45, 2.75) is 19.5 Å². The lowest BCUT2D eigenvalue weighted by Crippen LogP contribution is -2.43. The van der Waals surface area contributed by atoms with Gasteiger partial charge in [0, 0.05) is 49.4 Å². The van der Waals surface area contributed by atoms with E-state index in [0.717, 1.165) is 41.0 Å². The van der Waals surface area contributed by atoms with Crippen molar-refractivity contribution in [1.29, 1.82) is 0 Å². The minimum Gasteiger partial charge on any atom is -0.379 e. The number of aromatic nitrogens is 2. The SMILES string of the molecule is CC(=O)N1C=Cc2[nH]ncc3cc(C(=O)N[C@H](CN4CCOCC4)c4ccccc4)c(c2-3)C1. The van der Waals surface area contributed by atoms with Crippen LogP contribution in [0.1, 0.15) is 40.1 Å². The number of hydrogen-bond acceptors (Lipinski definition) is 5. The number of nitrogens with one attached hydrogen (secondary N) is 2. The number of benzene rings is 1. The van der Waals surface area contributed by atoms with Gasteiger partial charge in [0.25, 0.3) is 5.91 Å². The zero-order chi connectivity index (χ0) is 22.8. The van der Waals surface area contributed by atoms with Gasteiger partial charge in [0.1, 0.15) is 0 Å². The summed E-state index contributed by atoms with van der Waals surface area (Å²) in [5.41, 5.74) is 5.06. The molecule has 1 aromatic rings. The van der Waals surface area contributed by atoms with Gasteiger partial charge in [0.2, 0.25) is 5.91 Å². The third-order valence-electron chi connectivity index (χ3n) is 6.32. The highest BCUT2D eigenvalue weighted by Crippen LogP contribution is 2.37. The number of carbonyl (C=O) groups is 2. The van der Waals surface area contributed by atoms with Gasteiger partial charge in [-0.25, -0.2) is 0 Å². The quantitative estimate of drug-likeness (QED) is 0.630. The van der Waals surface area contributed by atoms with Crippen molar-refractivity contribution < 1.29 is 14.3 Å². The average molecular weight is 446 g/mol. The van der Waals surface area contributed by atoms with Crippen LogP contribution in [0.15, 0.2) is 48.8 Å². The van der Waals surface area contributed by atoms with Crippen LogP contribution < -0.4 is 5.32 Å². The van der Waals surface area contributed by atoms with Crippen LogP contribution in [0.2, 0.25) is 0 Å². The number of aromatic amines is 1. The number of carbonyl (C=O) groups excluding carboxylic acids is 2. The second kappa shape index (κ2) is 9.17. The number of ether oxygens (including phenoxy) is 1. The molecule has 0 saturated carbocycles. The van der Waals surface area contributed by atoms with Crippen molar-refractivity contribution in [3.8, 4) is 11.1 Å². The van der Waals surface area contributed by atoms with Gasteiger partial charge >= 0.3 is 0 Å². The van der Waals surface area contributed by atoms with Crippen LogP contribution in [-0.2, 0) is 16.1 Å². The summed E-state index contributed by atoms with van der Waals surface area (Å²) in [7, 11) is 0. The Morgan fingerprint density at radius 3 is 2.76 bits per heavy atom. The van der Waals surface area contributed by atoms with Crippen LogP contribution in [0.25, 0.3) is 17.2 Å². The summed E-state index contributed by atoms with van der Waals surface area (Å²) in [6, 6.07) is 11.7. The van der Waals surface area contributed by atoms with Gasteiger partial charge in [-0.3, -0.25) is 19.6 Å². The smallest absolute Gasteiger partial charge is 0.252 e. The summed E-state index contributed by atoms with van der Waals surface area (Å²) in [5, 5.41) is 10.5. The maximum absolute atomic E-state index is 13.6. The molecule has 0 unspecified atom stereocenters. The number of hydrogen-bond donors (Lipinski definition) is 2. The minimum absolute atomic E-state index is 0.0813. The maximum Gasteiger partial charge on any atom is 0.252 e. The first kappa shape index (κ1) is 21.4.